The highest BCUT2D eigenvalue weighted by Gasteiger charge is 2.11. The summed E-state index contributed by atoms with van der Waals surface area (Å²) in [5, 5.41) is 22.2. The number of aliphatic hydroxyl groups excluding tert-OH is 1. The van der Waals surface area contributed by atoms with Crippen LogP contribution in [0.1, 0.15) is 5.76 Å². The third kappa shape index (κ3) is 4.18. The number of aromatic nitrogens is 4. The molecule has 2 aromatic heterocycles. The van der Waals surface area contributed by atoms with Crippen molar-refractivity contribution in [3.05, 3.63) is 48.4 Å². The maximum Gasteiger partial charge on any atom is 0.205 e. The molecule has 0 fully saturated rings. The van der Waals surface area contributed by atoms with E-state index in [2.05, 4.69) is 15.4 Å². The Hall–Kier alpha value is -2.71. The number of tetrazole rings is 1. The van der Waals surface area contributed by atoms with Crippen molar-refractivity contribution in [2.24, 2.45) is 0 Å². The number of hydrogen-bond acceptors (Lipinski definition) is 7. The maximum absolute atomic E-state index is 9.99. The molecule has 0 amide bonds. The Morgan fingerprint density at radius 2 is 2.21 bits per heavy atom. The average molecular weight is 330 g/mol. The summed E-state index contributed by atoms with van der Waals surface area (Å²) in [6.45, 7) is 0.649. The van der Waals surface area contributed by atoms with Crippen LogP contribution in [-0.4, -0.2) is 45.1 Å². The van der Waals surface area contributed by atoms with Crippen LogP contribution >= 0.6 is 0 Å². The molecule has 1 N–H and O–H groups in total. The number of methoxy groups -OCH3 is 1. The van der Waals surface area contributed by atoms with Crippen molar-refractivity contribution in [1.29, 1.82) is 0 Å². The first-order valence-electron chi connectivity index (χ1n) is 7.45. The molecule has 0 bridgehead atoms. The molecule has 1 aromatic carbocycles. The van der Waals surface area contributed by atoms with Crippen molar-refractivity contribution in [3.8, 4) is 17.1 Å². The lowest BCUT2D eigenvalue weighted by Crippen LogP contribution is -2.23. The second-order valence-electron chi connectivity index (χ2n) is 5.15. The maximum atomic E-state index is 9.99. The molecule has 1 atom stereocenters. The van der Waals surface area contributed by atoms with E-state index in [1.54, 1.807) is 19.4 Å². The van der Waals surface area contributed by atoms with Gasteiger partial charge < -0.3 is 19.0 Å². The molecule has 24 heavy (non-hydrogen) atoms. The van der Waals surface area contributed by atoms with Crippen LogP contribution < -0.4 is 4.74 Å². The van der Waals surface area contributed by atoms with Gasteiger partial charge in [0.2, 0.25) is 5.82 Å². The molecule has 126 valence electrons. The van der Waals surface area contributed by atoms with Gasteiger partial charge in [0.25, 0.3) is 0 Å². The summed E-state index contributed by atoms with van der Waals surface area (Å²) in [4.78, 5) is 1.34. The fourth-order valence-electron chi connectivity index (χ4n) is 2.13. The summed E-state index contributed by atoms with van der Waals surface area (Å²) in [6.07, 6.45) is 0.835. The fraction of sp³-hybridized carbons (Fsp3) is 0.312. The number of benzene rings is 1. The minimum atomic E-state index is -0.743. The summed E-state index contributed by atoms with van der Waals surface area (Å²) >= 11 is 0. The largest absolute Gasteiger partial charge is 0.497 e. The summed E-state index contributed by atoms with van der Waals surface area (Å²) in [5.41, 5.74) is 0.796. The Morgan fingerprint density at radius 3 is 3.00 bits per heavy atom. The molecule has 2 heterocycles. The minimum absolute atomic E-state index is 0.150. The molecule has 3 rings (SSSR count). The zero-order valence-corrected chi connectivity index (χ0v) is 13.2. The van der Waals surface area contributed by atoms with Crippen LogP contribution in [0, 0.1) is 0 Å². The molecule has 0 radical (unpaired) electrons. The lowest BCUT2D eigenvalue weighted by molar-refractivity contribution is 0.0111. The minimum Gasteiger partial charge on any atom is -0.497 e. The van der Waals surface area contributed by atoms with E-state index in [9.17, 15) is 5.11 Å². The Labute approximate surface area is 138 Å². The first-order chi connectivity index (χ1) is 11.7. The Balaban J connectivity index is 1.53. The molecular weight excluding hydrogens is 312 g/mol. The number of ether oxygens (including phenoxy) is 2. The van der Waals surface area contributed by atoms with Gasteiger partial charge >= 0.3 is 0 Å². The number of aliphatic hydroxyl groups is 1. The highest BCUT2D eigenvalue weighted by molar-refractivity contribution is 5.56. The summed E-state index contributed by atoms with van der Waals surface area (Å²) in [7, 11) is 1.60. The smallest absolute Gasteiger partial charge is 0.205 e. The van der Waals surface area contributed by atoms with Crippen molar-refractivity contribution in [1.82, 2.24) is 20.2 Å². The molecule has 8 nitrogen and oxygen atoms in total. The number of hydrogen-bond donors (Lipinski definition) is 1. The summed E-state index contributed by atoms with van der Waals surface area (Å²) in [6, 6.07) is 11.0. The van der Waals surface area contributed by atoms with Crippen LogP contribution in [0.15, 0.2) is 47.1 Å². The van der Waals surface area contributed by atoms with E-state index < -0.39 is 6.10 Å². The van der Waals surface area contributed by atoms with E-state index in [-0.39, 0.29) is 13.2 Å². The van der Waals surface area contributed by atoms with Crippen molar-refractivity contribution < 1.29 is 19.0 Å². The number of furan rings is 1. The number of rotatable bonds is 8. The third-order valence-electron chi connectivity index (χ3n) is 3.29. The molecule has 8 heteroatoms. The summed E-state index contributed by atoms with van der Waals surface area (Å²) < 4.78 is 15.7. The van der Waals surface area contributed by atoms with E-state index >= 15 is 0 Å². The topological polar surface area (TPSA) is 95.4 Å². The van der Waals surface area contributed by atoms with Crippen LogP contribution in [0.3, 0.4) is 0 Å². The second kappa shape index (κ2) is 7.71. The summed E-state index contributed by atoms with van der Waals surface area (Å²) in [5.74, 6) is 1.90. The van der Waals surface area contributed by atoms with E-state index in [1.165, 1.54) is 4.80 Å². The molecule has 0 aliphatic heterocycles. The van der Waals surface area contributed by atoms with Crippen LogP contribution in [0.2, 0.25) is 0 Å². The zero-order valence-electron chi connectivity index (χ0n) is 13.2. The predicted molar refractivity (Wildman–Crippen MR) is 84.2 cm³/mol. The van der Waals surface area contributed by atoms with Crippen LogP contribution in [0.5, 0.6) is 5.75 Å². The number of nitrogens with zero attached hydrogens (tertiary/aromatic N) is 4. The Bertz CT molecular complexity index is 757. The lowest BCUT2D eigenvalue weighted by Gasteiger charge is -2.09. The SMILES string of the molecule is COc1cccc(-c2nnn(C[C@H](O)COCc3ccco3)n2)c1. The molecule has 0 unspecified atom stereocenters. The van der Waals surface area contributed by atoms with Gasteiger partial charge in [-0.3, -0.25) is 0 Å². The monoisotopic (exact) mass is 330 g/mol. The molecule has 0 spiro atoms. The van der Waals surface area contributed by atoms with Crippen molar-refractivity contribution >= 4 is 0 Å². The highest BCUT2D eigenvalue weighted by atomic mass is 16.5. The van der Waals surface area contributed by atoms with E-state index in [0.29, 0.717) is 18.2 Å². The lowest BCUT2D eigenvalue weighted by atomic mass is 10.2. The van der Waals surface area contributed by atoms with Crippen LogP contribution in [-0.2, 0) is 17.9 Å². The Morgan fingerprint density at radius 1 is 1.29 bits per heavy atom. The molecule has 0 saturated heterocycles. The average Bonchev–Trinajstić information content (AvgIpc) is 3.27. The van der Waals surface area contributed by atoms with Gasteiger partial charge in [-0.2, -0.15) is 4.80 Å². The quantitative estimate of drug-likeness (QED) is 0.669. The predicted octanol–water partition coefficient (Wildman–Crippen LogP) is 1.52. The van der Waals surface area contributed by atoms with Gasteiger partial charge in [-0.15, -0.1) is 10.2 Å². The van der Waals surface area contributed by atoms with Gasteiger partial charge in [-0.05, 0) is 29.5 Å². The van der Waals surface area contributed by atoms with E-state index in [4.69, 9.17) is 13.9 Å². The standard InChI is InChI=1S/C16H18N4O4/c1-22-14-5-2-4-12(8-14)16-17-19-20(18-16)9-13(21)10-23-11-15-6-3-7-24-15/h2-8,13,21H,9-11H2,1H3/t13-/m0/s1. The van der Waals surface area contributed by atoms with Gasteiger partial charge in [-0.1, -0.05) is 12.1 Å². The zero-order chi connectivity index (χ0) is 16.8. The van der Waals surface area contributed by atoms with Gasteiger partial charge in [0.15, 0.2) is 0 Å². The van der Waals surface area contributed by atoms with Gasteiger partial charge in [-0.25, -0.2) is 0 Å². The van der Waals surface area contributed by atoms with Crippen LogP contribution in [0.25, 0.3) is 11.4 Å². The van der Waals surface area contributed by atoms with E-state index in [0.717, 1.165) is 11.3 Å². The molecule has 0 aliphatic rings. The highest BCUT2D eigenvalue weighted by Crippen LogP contribution is 2.19. The third-order valence-corrected chi connectivity index (χ3v) is 3.29. The normalized spacial score (nSPS) is 12.2. The van der Waals surface area contributed by atoms with Crippen molar-refractivity contribution in [2.75, 3.05) is 13.7 Å². The molecule has 0 saturated carbocycles. The van der Waals surface area contributed by atoms with Crippen molar-refractivity contribution in [3.63, 3.8) is 0 Å². The molecule has 0 aliphatic carbocycles. The fourth-order valence-corrected chi connectivity index (χ4v) is 2.13. The van der Waals surface area contributed by atoms with Gasteiger partial charge in [0.05, 0.1) is 32.6 Å². The van der Waals surface area contributed by atoms with E-state index in [1.807, 2.05) is 30.3 Å². The first-order valence-corrected chi connectivity index (χ1v) is 7.45. The Kier molecular flexibility index (Phi) is 5.19. The second-order valence-corrected chi connectivity index (χ2v) is 5.15. The molecule has 3 aromatic rings. The van der Waals surface area contributed by atoms with Crippen LogP contribution in [0.4, 0.5) is 0 Å². The van der Waals surface area contributed by atoms with Gasteiger partial charge in [0.1, 0.15) is 18.1 Å². The molecular formula is C16H18N4O4. The first kappa shape index (κ1) is 16.2. The van der Waals surface area contributed by atoms with Gasteiger partial charge in [0, 0.05) is 5.56 Å². The van der Waals surface area contributed by atoms with Crippen molar-refractivity contribution in [2.45, 2.75) is 19.3 Å².